The molecule has 0 saturated heterocycles. The fraction of sp³-hybridized carbons (Fsp3) is 1.00. The van der Waals surface area contributed by atoms with Crippen molar-refractivity contribution in [3.8, 4) is 0 Å². The summed E-state index contributed by atoms with van der Waals surface area (Å²) in [6, 6.07) is 0. The third-order valence-electron chi connectivity index (χ3n) is 8.29. The smallest absolute Gasteiger partial charge is 0.00369 e. The molecule has 58 heavy (non-hydrogen) atoms. The molecular weight excluding hydrogens is 769 g/mol. The van der Waals surface area contributed by atoms with Crippen molar-refractivity contribution in [1.82, 2.24) is 42.5 Å². The number of nitrogens with two attached hydrogens (primary N) is 8. The zero-order valence-corrected chi connectivity index (χ0v) is 39.9. The van der Waals surface area contributed by atoms with Crippen molar-refractivity contribution >= 4 is 27.0 Å². The molecule has 0 spiro atoms. The maximum absolute atomic E-state index is 5.38. The van der Waals surface area contributed by atoms with Gasteiger partial charge < -0.3 is 88.4 Å². The Hall–Kier alpha value is 0.0600. The Morgan fingerprint density at radius 3 is 0.328 bits per heavy atom. The van der Waals surface area contributed by atoms with Gasteiger partial charge in [-0.2, -0.15) is 27.0 Å². The van der Waals surface area contributed by atoms with E-state index in [9.17, 15) is 0 Å². The molecule has 0 saturated carbocycles. The lowest BCUT2D eigenvalue weighted by molar-refractivity contribution is 0.570. The largest absolute Gasteiger partial charge is 0.330 e. The predicted octanol–water partition coefficient (Wildman–Crippen LogP) is -1.20. The lowest BCUT2D eigenvalue weighted by Crippen LogP contribution is -2.22. The first-order chi connectivity index (χ1) is 27.7. The van der Waals surface area contributed by atoms with E-state index < -0.39 is 0 Å². The fourth-order valence-electron chi connectivity index (χ4n) is 4.82. The van der Waals surface area contributed by atoms with E-state index >= 15 is 0 Å². The van der Waals surface area contributed by atoms with Crippen LogP contribution in [0.5, 0.6) is 0 Å². The minimum absolute atomic E-state index is 0. The van der Waals surface area contributed by atoms with E-state index in [1.165, 1.54) is 51.4 Å². The van der Waals surface area contributed by atoms with Crippen LogP contribution in [0.25, 0.3) is 0 Å². The lowest BCUT2D eigenvalue weighted by atomic mass is 10.3. The summed E-state index contributed by atoms with van der Waals surface area (Å²) < 4.78 is 0. The van der Waals surface area contributed by atoms with Crippen LogP contribution in [0.2, 0.25) is 0 Å². The van der Waals surface area contributed by atoms with Gasteiger partial charge in [0.05, 0.1) is 0 Å². The maximum Gasteiger partial charge on any atom is -0.00369 e. The van der Waals surface area contributed by atoms with Crippen LogP contribution in [-0.2, 0) is 0 Å². The predicted molar refractivity (Wildman–Crippen MR) is 270 cm³/mol. The lowest BCUT2D eigenvalue weighted by Gasteiger charge is -2.04. The van der Waals surface area contributed by atoms with Crippen molar-refractivity contribution in [2.24, 2.45) is 45.9 Å². The van der Waals surface area contributed by atoms with Crippen molar-refractivity contribution in [2.45, 2.75) is 103 Å². The Labute approximate surface area is 373 Å². The van der Waals surface area contributed by atoms with Gasteiger partial charge in [0.1, 0.15) is 0 Å². The van der Waals surface area contributed by atoms with Crippen LogP contribution in [-0.4, -0.2) is 157 Å². The van der Waals surface area contributed by atoms with Crippen LogP contribution in [0.3, 0.4) is 0 Å². The summed E-state index contributed by atoms with van der Waals surface area (Å²) >= 11 is 0. The molecule has 0 aliphatic carbocycles. The highest BCUT2D eigenvalue weighted by atomic mass is 32.1. The third kappa shape index (κ3) is 87.5. The second-order valence-corrected chi connectivity index (χ2v) is 14.0. The van der Waals surface area contributed by atoms with Crippen LogP contribution < -0.4 is 88.4 Å². The Bertz CT molecular complexity index is 453. The van der Waals surface area contributed by atoms with Crippen LogP contribution >= 0.6 is 27.0 Å². The second-order valence-electron chi connectivity index (χ2n) is 14.0. The minimum atomic E-state index is 0. The van der Waals surface area contributed by atoms with Crippen LogP contribution in [0.1, 0.15) is 103 Å². The van der Waals surface area contributed by atoms with Crippen molar-refractivity contribution < 1.29 is 0 Å². The molecule has 18 heteroatoms. The van der Waals surface area contributed by atoms with Gasteiger partial charge in [-0.15, -0.1) is 0 Å². The highest BCUT2D eigenvalue weighted by Crippen LogP contribution is 1.88. The zero-order valence-electron chi connectivity index (χ0n) is 37.9. The molecule has 0 aromatic carbocycles. The van der Waals surface area contributed by atoms with Gasteiger partial charge in [0.25, 0.3) is 0 Å². The normalized spacial score (nSPS) is 10.3. The molecule has 0 heterocycles. The standard InChI is InChI=1S/4C10H26N4.2H2S/c4*11-5-3-9-13-7-1-2-8-14-10-4-6-12;;/h4*13-14H,1-12H2;2*1H2. The Morgan fingerprint density at radius 2 is 0.241 bits per heavy atom. The molecular formula is C40H108N16S2. The first-order valence-corrected chi connectivity index (χ1v) is 22.9. The summed E-state index contributed by atoms with van der Waals surface area (Å²) in [6.45, 7) is 23.6. The topological polar surface area (TPSA) is 304 Å². The number of hydrogen-bond acceptors (Lipinski definition) is 16. The molecule has 0 bridgehead atoms. The molecule has 0 rings (SSSR count). The van der Waals surface area contributed by atoms with E-state index in [4.69, 9.17) is 45.9 Å². The quantitative estimate of drug-likeness (QED) is 0.0320. The van der Waals surface area contributed by atoms with E-state index in [0.29, 0.717) is 0 Å². The molecule has 0 radical (unpaired) electrons. The monoisotopic (exact) mass is 877 g/mol. The van der Waals surface area contributed by atoms with Gasteiger partial charge in [0.15, 0.2) is 0 Å². The molecule has 16 nitrogen and oxygen atoms in total. The summed E-state index contributed by atoms with van der Waals surface area (Å²) in [5.41, 5.74) is 43.0. The third-order valence-corrected chi connectivity index (χ3v) is 8.29. The Morgan fingerprint density at radius 1 is 0.155 bits per heavy atom. The second kappa shape index (κ2) is 77.6. The number of rotatable bonds is 44. The fourth-order valence-corrected chi connectivity index (χ4v) is 4.82. The molecule has 360 valence electrons. The number of unbranched alkanes of at least 4 members (excludes halogenated alkanes) is 4. The van der Waals surface area contributed by atoms with E-state index in [1.807, 2.05) is 0 Å². The van der Waals surface area contributed by atoms with Gasteiger partial charge in [0, 0.05) is 0 Å². The Balaban J connectivity index is -0.000000154. The zero-order chi connectivity index (χ0) is 41.9. The van der Waals surface area contributed by atoms with Crippen molar-refractivity contribution in [3.05, 3.63) is 0 Å². The first-order valence-electron chi connectivity index (χ1n) is 22.9. The summed E-state index contributed by atoms with van der Waals surface area (Å²) in [5.74, 6) is 0. The summed E-state index contributed by atoms with van der Waals surface area (Å²) in [7, 11) is 0. The van der Waals surface area contributed by atoms with Crippen molar-refractivity contribution in [3.63, 3.8) is 0 Å². The highest BCUT2D eigenvalue weighted by Gasteiger charge is 1.93. The molecule has 0 aliphatic heterocycles. The van der Waals surface area contributed by atoms with E-state index in [0.717, 1.165) is 208 Å². The van der Waals surface area contributed by atoms with Crippen molar-refractivity contribution in [1.29, 1.82) is 0 Å². The number of nitrogens with one attached hydrogen (secondary N) is 8. The number of hydrogen-bond donors (Lipinski definition) is 16. The van der Waals surface area contributed by atoms with Crippen LogP contribution in [0.4, 0.5) is 0 Å². The average Bonchev–Trinajstić information content (AvgIpc) is 3.21. The maximum atomic E-state index is 5.38. The highest BCUT2D eigenvalue weighted by molar-refractivity contribution is 7.59. The average molecular weight is 878 g/mol. The molecule has 0 aromatic heterocycles. The van der Waals surface area contributed by atoms with Gasteiger partial charge in [-0.1, -0.05) is 0 Å². The summed E-state index contributed by atoms with van der Waals surface area (Å²) in [4.78, 5) is 0. The first kappa shape index (κ1) is 69.7. The molecule has 0 aromatic rings. The van der Waals surface area contributed by atoms with Crippen LogP contribution in [0.15, 0.2) is 0 Å². The summed E-state index contributed by atoms with van der Waals surface area (Å²) in [5, 5.41) is 26.9. The van der Waals surface area contributed by atoms with Gasteiger partial charge in [-0.05, 0) is 260 Å². The molecule has 0 amide bonds. The minimum Gasteiger partial charge on any atom is -0.330 e. The van der Waals surface area contributed by atoms with E-state index in [1.54, 1.807) is 0 Å². The molecule has 0 atom stereocenters. The van der Waals surface area contributed by atoms with Gasteiger partial charge in [-0.25, -0.2) is 0 Å². The molecule has 24 N–H and O–H groups in total. The van der Waals surface area contributed by atoms with Gasteiger partial charge in [-0.3, -0.25) is 0 Å². The van der Waals surface area contributed by atoms with Gasteiger partial charge in [0.2, 0.25) is 0 Å². The SMILES string of the molecule is NCCCNCCCCNCCCN.NCCCNCCCCNCCCN.NCCCNCCCCNCCCN.NCCCNCCCCNCCCN.S.S. The van der Waals surface area contributed by atoms with E-state index in [2.05, 4.69) is 42.5 Å². The van der Waals surface area contributed by atoms with Gasteiger partial charge >= 0.3 is 0 Å². The Kier molecular flexibility index (Phi) is 93.4. The summed E-state index contributed by atoms with van der Waals surface area (Å²) in [6.07, 6.45) is 18.5. The molecule has 0 unspecified atom stereocenters. The van der Waals surface area contributed by atoms with Crippen LogP contribution in [0, 0.1) is 0 Å². The molecule has 0 aliphatic rings. The molecule has 0 fully saturated rings. The van der Waals surface area contributed by atoms with E-state index in [-0.39, 0.29) is 27.0 Å². The van der Waals surface area contributed by atoms with Crippen molar-refractivity contribution in [2.75, 3.05) is 157 Å².